The monoisotopic (exact) mass is 234 g/mol. The first-order chi connectivity index (χ1) is 7.63. The molecule has 0 aliphatic rings. The molecular weight excluding hydrogens is 224 g/mol. The lowest BCUT2D eigenvalue weighted by Crippen LogP contribution is -2.00. The van der Waals surface area contributed by atoms with E-state index in [1.54, 1.807) is 6.92 Å². The van der Waals surface area contributed by atoms with Gasteiger partial charge in [0, 0.05) is 5.69 Å². The quantitative estimate of drug-likeness (QED) is 0.868. The minimum absolute atomic E-state index is 0.196. The molecule has 0 atom stereocenters. The average Bonchev–Trinajstić information content (AvgIpc) is 2.20. The molecule has 0 saturated carbocycles. The molecule has 2 rings (SSSR count). The van der Waals surface area contributed by atoms with E-state index in [9.17, 15) is 0 Å². The van der Waals surface area contributed by atoms with Crippen LogP contribution in [0.25, 0.3) is 0 Å². The minimum Gasteiger partial charge on any atom is -0.324 e. The summed E-state index contributed by atoms with van der Waals surface area (Å²) in [5, 5.41) is 3.26. The summed E-state index contributed by atoms with van der Waals surface area (Å²) in [6.45, 7) is 3.81. The van der Waals surface area contributed by atoms with Crippen molar-refractivity contribution in [3.8, 4) is 0 Å². The topological polar surface area (TPSA) is 50.7 Å². The fourth-order valence-electron chi connectivity index (χ4n) is 1.27. The SMILES string of the molecule is Cc1ccc(Nc2nc(C)nc(Cl)n2)cc1. The predicted molar refractivity (Wildman–Crippen MR) is 64.0 cm³/mol. The molecule has 0 bridgehead atoms. The highest BCUT2D eigenvalue weighted by atomic mass is 35.5. The van der Waals surface area contributed by atoms with Gasteiger partial charge in [-0.1, -0.05) is 17.7 Å². The van der Waals surface area contributed by atoms with E-state index < -0.39 is 0 Å². The lowest BCUT2D eigenvalue weighted by molar-refractivity contribution is 0.982. The molecule has 0 fully saturated rings. The number of aryl methyl sites for hydroxylation is 2. The van der Waals surface area contributed by atoms with Crippen molar-refractivity contribution in [2.75, 3.05) is 5.32 Å². The summed E-state index contributed by atoms with van der Waals surface area (Å²) in [4.78, 5) is 12.0. The molecule has 0 unspecified atom stereocenters. The van der Waals surface area contributed by atoms with Crippen molar-refractivity contribution in [3.05, 3.63) is 40.9 Å². The van der Waals surface area contributed by atoms with Gasteiger partial charge in [0.25, 0.3) is 0 Å². The Bertz CT molecular complexity index is 476. The van der Waals surface area contributed by atoms with E-state index >= 15 is 0 Å². The van der Waals surface area contributed by atoms with Crippen LogP contribution >= 0.6 is 11.6 Å². The highest BCUT2D eigenvalue weighted by molar-refractivity contribution is 6.28. The summed E-state index contributed by atoms with van der Waals surface area (Å²) >= 11 is 5.74. The predicted octanol–water partition coefficient (Wildman–Crippen LogP) is 2.89. The van der Waals surface area contributed by atoms with Crippen molar-refractivity contribution >= 4 is 23.2 Å². The van der Waals surface area contributed by atoms with Gasteiger partial charge in [-0.25, -0.2) is 4.98 Å². The molecule has 0 saturated heterocycles. The van der Waals surface area contributed by atoms with Crippen molar-refractivity contribution in [2.45, 2.75) is 13.8 Å². The first-order valence-electron chi connectivity index (χ1n) is 4.85. The maximum atomic E-state index is 5.74. The van der Waals surface area contributed by atoms with Gasteiger partial charge in [0.05, 0.1) is 0 Å². The summed E-state index contributed by atoms with van der Waals surface area (Å²) in [6, 6.07) is 7.95. The van der Waals surface area contributed by atoms with Crippen molar-refractivity contribution in [3.63, 3.8) is 0 Å². The maximum Gasteiger partial charge on any atom is 0.231 e. The molecule has 2 aromatic rings. The van der Waals surface area contributed by atoms with Crippen LogP contribution in [0, 0.1) is 13.8 Å². The second-order valence-corrected chi connectivity index (χ2v) is 3.80. The largest absolute Gasteiger partial charge is 0.324 e. The molecule has 5 heteroatoms. The van der Waals surface area contributed by atoms with E-state index in [1.165, 1.54) is 5.56 Å². The van der Waals surface area contributed by atoms with Crippen LogP contribution in [0.5, 0.6) is 0 Å². The number of aromatic nitrogens is 3. The molecular formula is C11H11ClN4. The average molecular weight is 235 g/mol. The molecule has 0 spiro atoms. The minimum atomic E-state index is 0.196. The number of hydrogen-bond donors (Lipinski definition) is 1. The zero-order chi connectivity index (χ0) is 11.5. The Kier molecular flexibility index (Phi) is 3.01. The summed E-state index contributed by atoms with van der Waals surface area (Å²) in [5.74, 6) is 1.05. The molecule has 0 amide bonds. The zero-order valence-electron chi connectivity index (χ0n) is 9.03. The van der Waals surface area contributed by atoms with Gasteiger partial charge < -0.3 is 5.32 Å². The van der Waals surface area contributed by atoms with E-state index in [1.807, 2.05) is 31.2 Å². The molecule has 0 aliphatic heterocycles. The number of rotatable bonds is 2. The summed E-state index contributed by atoms with van der Waals surface area (Å²) in [7, 11) is 0. The van der Waals surface area contributed by atoms with Crippen molar-refractivity contribution in [2.24, 2.45) is 0 Å². The van der Waals surface area contributed by atoms with Crippen LogP contribution in [0.1, 0.15) is 11.4 Å². The summed E-state index contributed by atoms with van der Waals surface area (Å²) in [5.41, 5.74) is 2.13. The fourth-order valence-corrected chi connectivity index (χ4v) is 1.47. The maximum absolute atomic E-state index is 5.74. The molecule has 0 radical (unpaired) electrons. The number of halogens is 1. The summed E-state index contributed by atoms with van der Waals surface area (Å²) < 4.78 is 0. The lowest BCUT2D eigenvalue weighted by Gasteiger charge is -2.05. The van der Waals surface area contributed by atoms with Crippen LogP contribution in [0.4, 0.5) is 11.6 Å². The fraction of sp³-hybridized carbons (Fsp3) is 0.182. The van der Waals surface area contributed by atoms with Crippen LogP contribution in [-0.2, 0) is 0 Å². The van der Waals surface area contributed by atoms with Crippen molar-refractivity contribution in [1.29, 1.82) is 0 Å². The summed E-state index contributed by atoms with van der Waals surface area (Å²) in [6.07, 6.45) is 0. The van der Waals surface area contributed by atoms with E-state index in [0.717, 1.165) is 5.69 Å². The van der Waals surface area contributed by atoms with Crippen LogP contribution in [-0.4, -0.2) is 15.0 Å². The first-order valence-corrected chi connectivity index (χ1v) is 5.23. The van der Waals surface area contributed by atoms with Gasteiger partial charge in [-0.2, -0.15) is 9.97 Å². The second kappa shape index (κ2) is 4.45. The Hall–Kier alpha value is -1.68. The normalized spacial score (nSPS) is 10.2. The number of nitrogens with zero attached hydrogens (tertiary/aromatic N) is 3. The lowest BCUT2D eigenvalue weighted by atomic mass is 10.2. The van der Waals surface area contributed by atoms with E-state index in [0.29, 0.717) is 11.8 Å². The van der Waals surface area contributed by atoms with Gasteiger partial charge in [0.2, 0.25) is 11.2 Å². The van der Waals surface area contributed by atoms with Crippen LogP contribution in [0.15, 0.2) is 24.3 Å². The van der Waals surface area contributed by atoms with Gasteiger partial charge in [0.15, 0.2) is 0 Å². The van der Waals surface area contributed by atoms with Crippen LogP contribution in [0.2, 0.25) is 5.28 Å². The van der Waals surface area contributed by atoms with Gasteiger partial charge in [-0.15, -0.1) is 0 Å². The van der Waals surface area contributed by atoms with E-state index in [-0.39, 0.29) is 5.28 Å². The number of nitrogens with one attached hydrogen (secondary N) is 1. The molecule has 1 heterocycles. The number of benzene rings is 1. The Morgan fingerprint density at radius 1 is 1.00 bits per heavy atom. The molecule has 4 nitrogen and oxygen atoms in total. The first kappa shape index (κ1) is 10.8. The highest BCUT2D eigenvalue weighted by Gasteiger charge is 2.01. The third-order valence-corrected chi connectivity index (χ3v) is 2.20. The Morgan fingerprint density at radius 3 is 2.31 bits per heavy atom. The van der Waals surface area contributed by atoms with Crippen molar-refractivity contribution < 1.29 is 0 Å². The van der Waals surface area contributed by atoms with E-state index in [4.69, 9.17) is 11.6 Å². The molecule has 0 aliphatic carbocycles. The van der Waals surface area contributed by atoms with Crippen molar-refractivity contribution in [1.82, 2.24) is 15.0 Å². The van der Waals surface area contributed by atoms with Gasteiger partial charge in [-0.05, 0) is 37.6 Å². The van der Waals surface area contributed by atoms with Crippen LogP contribution < -0.4 is 5.32 Å². The smallest absolute Gasteiger partial charge is 0.231 e. The molecule has 1 N–H and O–H groups in total. The Labute approximate surface area is 98.7 Å². The van der Waals surface area contributed by atoms with E-state index in [2.05, 4.69) is 20.3 Å². The number of hydrogen-bond acceptors (Lipinski definition) is 4. The van der Waals surface area contributed by atoms with Gasteiger partial charge in [0.1, 0.15) is 5.82 Å². The standard InChI is InChI=1S/C11H11ClN4/c1-7-3-5-9(6-4-7)15-11-14-8(2)13-10(12)16-11/h3-6H,1-2H3,(H,13,14,15,16). The zero-order valence-corrected chi connectivity index (χ0v) is 9.78. The molecule has 1 aromatic carbocycles. The molecule has 1 aromatic heterocycles. The highest BCUT2D eigenvalue weighted by Crippen LogP contribution is 2.14. The van der Waals surface area contributed by atoms with Gasteiger partial charge in [-0.3, -0.25) is 0 Å². The van der Waals surface area contributed by atoms with Crippen LogP contribution in [0.3, 0.4) is 0 Å². The van der Waals surface area contributed by atoms with Gasteiger partial charge >= 0.3 is 0 Å². The second-order valence-electron chi connectivity index (χ2n) is 3.47. The molecule has 16 heavy (non-hydrogen) atoms. The third kappa shape index (κ3) is 2.67. The third-order valence-electron chi connectivity index (χ3n) is 2.03. The molecule has 82 valence electrons. The Morgan fingerprint density at radius 2 is 1.69 bits per heavy atom. The number of anilines is 2. The Balaban J connectivity index is 2.23.